The number of nitrogens with two attached hydrogens (primary N) is 1. The van der Waals surface area contributed by atoms with Gasteiger partial charge in [0.1, 0.15) is 0 Å². The Morgan fingerprint density at radius 3 is 2.56 bits per heavy atom. The summed E-state index contributed by atoms with van der Waals surface area (Å²) in [6, 6.07) is 5.83. The molecule has 0 heterocycles. The van der Waals surface area contributed by atoms with Crippen LogP contribution in [0.1, 0.15) is 24.0 Å². The lowest BCUT2D eigenvalue weighted by Gasteiger charge is -2.07. The van der Waals surface area contributed by atoms with E-state index in [1.165, 1.54) is 5.56 Å². The standard InChI is InChI=1S/C12H16N2OS/c1-8-3-4-10(7-9(8)2)14-12(15)6-5-11(13)16/h3-4,7H,5-6H2,1-2H3,(H2,13,16)(H,14,15). The average molecular weight is 236 g/mol. The summed E-state index contributed by atoms with van der Waals surface area (Å²) in [5.41, 5.74) is 8.51. The first-order chi connectivity index (χ1) is 7.49. The van der Waals surface area contributed by atoms with Crippen LogP contribution in [0.4, 0.5) is 5.69 Å². The lowest BCUT2D eigenvalue weighted by molar-refractivity contribution is -0.116. The van der Waals surface area contributed by atoms with Crippen LogP contribution in [0.15, 0.2) is 18.2 Å². The van der Waals surface area contributed by atoms with E-state index in [0.29, 0.717) is 17.8 Å². The molecule has 0 bridgehead atoms. The number of hydrogen-bond donors (Lipinski definition) is 2. The van der Waals surface area contributed by atoms with Crippen molar-refractivity contribution in [3.8, 4) is 0 Å². The molecular weight excluding hydrogens is 220 g/mol. The fourth-order valence-corrected chi connectivity index (χ4v) is 1.38. The minimum Gasteiger partial charge on any atom is -0.393 e. The molecule has 0 fully saturated rings. The third-order valence-corrected chi connectivity index (χ3v) is 2.59. The Balaban J connectivity index is 2.56. The van der Waals surface area contributed by atoms with Crippen molar-refractivity contribution >= 4 is 28.8 Å². The van der Waals surface area contributed by atoms with E-state index in [9.17, 15) is 4.79 Å². The zero-order valence-corrected chi connectivity index (χ0v) is 10.4. The number of anilines is 1. The molecule has 0 atom stereocenters. The van der Waals surface area contributed by atoms with E-state index < -0.39 is 0 Å². The maximum Gasteiger partial charge on any atom is 0.224 e. The Bertz CT molecular complexity index is 415. The van der Waals surface area contributed by atoms with Gasteiger partial charge >= 0.3 is 0 Å². The number of amides is 1. The largest absolute Gasteiger partial charge is 0.393 e. The Hall–Kier alpha value is -1.42. The van der Waals surface area contributed by atoms with Gasteiger partial charge in [0.05, 0.1) is 4.99 Å². The SMILES string of the molecule is Cc1ccc(NC(=O)CCC(N)=S)cc1C. The highest BCUT2D eigenvalue weighted by Gasteiger charge is 2.03. The summed E-state index contributed by atoms with van der Waals surface area (Å²) >= 11 is 4.71. The van der Waals surface area contributed by atoms with Crippen molar-refractivity contribution in [3.63, 3.8) is 0 Å². The van der Waals surface area contributed by atoms with Gasteiger partial charge in [-0.3, -0.25) is 4.79 Å². The molecule has 1 rings (SSSR count). The second kappa shape index (κ2) is 5.61. The van der Waals surface area contributed by atoms with Crippen LogP contribution in [0.3, 0.4) is 0 Å². The number of carbonyl (C=O) groups excluding carboxylic acids is 1. The van der Waals surface area contributed by atoms with Crippen LogP contribution < -0.4 is 11.1 Å². The van der Waals surface area contributed by atoms with Gasteiger partial charge in [-0.25, -0.2) is 0 Å². The number of aryl methyl sites for hydroxylation is 2. The van der Waals surface area contributed by atoms with Gasteiger partial charge in [-0.05, 0) is 37.1 Å². The van der Waals surface area contributed by atoms with Crippen LogP contribution in [0.5, 0.6) is 0 Å². The first kappa shape index (κ1) is 12.6. The summed E-state index contributed by atoms with van der Waals surface area (Å²) in [6.45, 7) is 4.05. The number of benzene rings is 1. The quantitative estimate of drug-likeness (QED) is 0.789. The highest BCUT2D eigenvalue weighted by atomic mass is 32.1. The Morgan fingerprint density at radius 2 is 2.00 bits per heavy atom. The van der Waals surface area contributed by atoms with Gasteiger partial charge in [0.25, 0.3) is 0 Å². The predicted molar refractivity (Wildman–Crippen MR) is 70.6 cm³/mol. The van der Waals surface area contributed by atoms with Crippen molar-refractivity contribution < 1.29 is 4.79 Å². The van der Waals surface area contributed by atoms with Crippen LogP contribution in [-0.4, -0.2) is 10.9 Å². The summed E-state index contributed by atoms with van der Waals surface area (Å²) in [7, 11) is 0. The molecule has 0 aliphatic heterocycles. The number of thiocarbonyl (C=S) groups is 1. The van der Waals surface area contributed by atoms with Crippen molar-refractivity contribution in [1.82, 2.24) is 0 Å². The van der Waals surface area contributed by atoms with Crippen molar-refractivity contribution in [2.45, 2.75) is 26.7 Å². The predicted octanol–water partition coefficient (Wildman–Crippen LogP) is 2.31. The van der Waals surface area contributed by atoms with Gasteiger partial charge in [-0.15, -0.1) is 0 Å². The molecule has 0 aliphatic rings. The zero-order chi connectivity index (χ0) is 12.1. The second-order valence-electron chi connectivity index (χ2n) is 3.81. The van der Waals surface area contributed by atoms with Crippen molar-refractivity contribution in [3.05, 3.63) is 29.3 Å². The Kier molecular flexibility index (Phi) is 4.43. The van der Waals surface area contributed by atoms with E-state index in [-0.39, 0.29) is 5.91 Å². The minimum atomic E-state index is -0.0592. The molecule has 0 saturated heterocycles. The molecule has 86 valence electrons. The normalized spacial score (nSPS) is 9.88. The number of hydrogen-bond acceptors (Lipinski definition) is 2. The average Bonchev–Trinajstić information content (AvgIpc) is 2.21. The maximum atomic E-state index is 11.5. The van der Waals surface area contributed by atoms with E-state index in [0.717, 1.165) is 11.3 Å². The van der Waals surface area contributed by atoms with Crippen LogP contribution >= 0.6 is 12.2 Å². The van der Waals surface area contributed by atoms with Crippen molar-refractivity contribution in [1.29, 1.82) is 0 Å². The number of nitrogens with one attached hydrogen (secondary N) is 1. The third kappa shape index (κ3) is 3.98. The molecule has 16 heavy (non-hydrogen) atoms. The zero-order valence-electron chi connectivity index (χ0n) is 9.54. The van der Waals surface area contributed by atoms with Gasteiger partial charge in [0.15, 0.2) is 0 Å². The molecule has 1 aromatic rings. The molecule has 0 spiro atoms. The fraction of sp³-hybridized carbons (Fsp3) is 0.333. The summed E-state index contributed by atoms with van der Waals surface area (Å²) in [6.07, 6.45) is 0.786. The van der Waals surface area contributed by atoms with Crippen LogP contribution in [0.25, 0.3) is 0 Å². The third-order valence-electron chi connectivity index (χ3n) is 2.39. The minimum absolute atomic E-state index is 0.0592. The molecule has 0 radical (unpaired) electrons. The van der Waals surface area contributed by atoms with E-state index in [1.807, 2.05) is 32.0 Å². The number of rotatable bonds is 4. The van der Waals surface area contributed by atoms with Crippen LogP contribution in [0.2, 0.25) is 0 Å². The van der Waals surface area contributed by atoms with E-state index in [1.54, 1.807) is 0 Å². The van der Waals surface area contributed by atoms with Gasteiger partial charge in [0.2, 0.25) is 5.91 Å². The summed E-state index contributed by atoms with van der Waals surface area (Å²) < 4.78 is 0. The summed E-state index contributed by atoms with van der Waals surface area (Å²) in [4.78, 5) is 11.9. The molecule has 1 amide bonds. The Morgan fingerprint density at radius 1 is 1.31 bits per heavy atom. The highest BCUT2D eigenvalue weighted by molar-refractivity contribution is 7.80. The maximum absolute atomic E-state index is 11.5. The van der Waals surface area contributed by atoms with Crippen molar-refractivity contribution in [2.24, 2.45) is 5.73 Å². The second-order valence-corrected chi connectivity index (χ2v) is 4.34. The lowest BCUT2D eigenvalue weighted by Crippen LogP contribution is -2.16. The van der Waals surface area contributed by atoms with E-state index >= 15 is 0 Å². The molecule has 0 aromatic heterocycles. The topological polar surface area (TPSA) is 55.1 Å². The first-order valence-electron chi connectivity index (χ1n) is 5.14. The molecule has 0 aliphatic carbocycles. The molecule has 3 N–H and O–H groups in total. The molecule has 0 unspecified atom stereocenters. The summed E-state index contributed by atoms with van der Waals surface area (Å²) in [5, 5.41) is 2.81. The number of carbonyl (C=O) groups is 1. The monoisotopic (exact) mass is 236 g/mol. The van der Waals surface area contributed by atoms with E-state index in [4.69, 9.17) is 18.0 Å². The van der Waals surface area contributed by atoms with Crippen LogP contribution in [0, 0.1) is 13.8 Å². The lowest BCUT2D eigenvalue weighted by atomic mass is 10.1. The molecule has 1 aromatic carbocycles. The van der Waals surface area contributed by atoms with Gasteiger partial charge in [0, 0.05) is 18.5 Å². The molecular formula is C12H16N2OS. The Labute approximate surface area is 101 Å². The molecule has 3 nitrogen and oxygen atoms in total. The van der Waals surface area contributed by atoms with E-state index in [2.05, 4.69) is 5.32 Å². The van der Waals surface area contributed by atoms with Crippen LogP contribution in [-0.2, 0) is 4.79 Å². The van der Waals surface area contributed by atoms with Gasteiger partial charge in [-0.1, -0.05) is 18.3 Å². The summed E-state index contributed by atoms with van der Waals surface area (Å²) in [5.74, 6) is -0.0592. The van der Waals surface area contributed by atoms with Crippen molar-refractivity contribution in [2.75, 3.05) is 5.32 Å². The molecule has 0 saturated carbocycles. The smallest absolute Gasteiger partial charge is 0.224 e. The molecule has 4 heteroatoms. The fourth-order valence-electron chi connectivity index (χ4n) is 1.28. The highest BCUT2D eigenvalue weighted by Crippen LogP contribution is 2.14. The first-order valence-corrected chi connectivity index (χ1v) is 5.55. The van der Waals surface area contributed by atoms with Gasteiger partial charge < -0.3 is 11.1 Å². The van der Waals surface area contributed by atoms with Gasteiger partial charge in [-0.2, -0.15) is 0 Å².